The molecule has 0 atom stereocenters. The highest BCUT2D eigenvalue weighted by Crippen LogP contribution is 2.25. The molecule has 1 heterocycles. The van der Waals surface area contributed by atoms with Crippen molar-refractivity contribution in [1.82, 2.24) is 4.98 Å². The number of para-hydroxylation sites is 2. The second-order valence-corrected chi connectivity index (χ2v) is 6.86. The van der Waals surface area contributed by atoms with Gasteiger partial charge in [0.05, 0.1) is 10.9 Å². The van der Waals surface area contributed by atoms with Crippen LogP contribution in [0.1, 0.15) is 5.56 Å². The Morgan fingerprint density at radius 2 is 1.81 bits per heavy atom. The Morgan fingerprint density at radius 3 is 2.59 bits per heavy atom. The van der Waals surface area contributed by atoms with E-state index in [0.29, 0.717) is 21.6 Å². The molecule has 4 nitrogen and oxygen atoms in total. The molecule has 6 heteroatoms. The van der Waals surface area contributed by atoms with E-state index >= 15 is 0 Å². The van der Waals surface area contributed by atoms with E-state index in [-0.39, 0.29) is 12.3 Å². The Balaban J connectivity index is 1.47. The first-order valence-electron chi connectivity index (χ1n) is 8.29. The number of rotatable bonds is 4. The third kappa shape index (κ3) is 3.75. The Kier molecular flexibility index (Phi) is 4.73. The Bertz CT molecular complexity index is 1090. The predicted octanol–water partition coefficient (Wildman–Crippen LogP) is 5.58. The van der Waals surface area contributed by atoms with Gasteiger partial charge in [-0.05, 0) is 64.0 Å². The number of oxazole rings is 1. The standard InChI is InChI=1S/C21H14BrFN2O2/c22-16-5-3-4-14(20(16)23)12-19(26)24-15-10-8-13(9-11-15)21-25-17-6-1-2-7-18(17)27-21/h1-11H,12H2,(H,24,26). The van der Waals surface area contributed by atoms with E-state index < -0.39 is 5.82 Å². The molecule has 0 aliphatic heterocycles. The van der Waals surface area contributed by atoms with Crippen LogP contribution in [0.2, 0.25) is 0 Å². The summed E-state index contributed by atoms with van der Waals surface area (Å²) in [4.78, 5) is 16.6. The molecular weight excluding hydrogens is 411 g/mol. The van der Waals surface area contributed by atoms with Crippen LogP contribution in [0.4, 0.5) is 10.1 Å². The zero-order valence-electron chi connectivity index (χ0n) is 14.1. The van der Waals surface area contributed by atoms with Gasteiger partial charge in [0.25, 0.3) is 0 Å². The van der Waals surface area contributed by atoms with Gasteiger partial charge < -0.3 is 9.73 Å². The highest BCUT2D eigenvalue weighted by atomic mass is 79.9. The molecular formula is C21H14BrFN2O2. The average Bonchev–Trinajstić information content (AvgIpc) is 3.10. The maximum absolute atomic E-state index is 14.0. The lowest BCUT2D eigenvalue weighted by atomic mass is 10.1. The summed E-state index contributed by atoms with van der Waals surface area (Å²) in [6.45, 7) is 0. The third-order valence-electron chi connectivity index (χ3n) is 4.09. The second-order valence-electron chi connectivity index (χ2n) is 6.00. The maximum atomic E-state index is 14.0. The van der Waals surface area contributed by atoms with Crippen LogP contribution >= 0.6 is 15.9 Å². The van der Waals surface area contributed by atoms with Crippen LogP contribution in [0.15, 0.2) is 75.6 Å². The number of carbonyl (C=O) groups excluding carboxylic acids is 1. The van der Waals surface area contributed by atoms with Crippen LogP contribution in [-0.2, 0) is 11.2 Å². The SMILES string of the molecule is O=C(Cc1cccc(Br)c1F)Nc1ccc(-c2nc3ccccc3o2)cc1. The Hall–Kier alpha value is -2.99. The molecule has 0 fully saturated rings. The molecule has 134 valence electrons. The fourth-order valence-corrected chi connectivity index (χ4v) is 3.16. The minimum absolute atomic E-state index is 0.0435. The highest BCUT2D eigenvalue weighted by molar-refractivity contribution is 9.10. The van der Waals surface area contributed by atoms with Gasteiger partial charge in [-0.25, -0.2) is 9.37 Å². The molecule has 0 bridgehead atoms. The van der Waals surface area contributed by atoms with Crippen molar-refractivity contribution in [2.24, 2.45) is 0 Å². The van der Waals surface area contributed by atoms with Gasteiger partial charge in [-0.2, -0.15) is 0 Å². The van der Waals surface area contributed by atoms with E-state index in [1.54, 1.807) is 30.3 Å². The van der Waals surface area contributed by atoms with Gasteiger partial charge in [-0.15, -0.1) is 0 Å². The maximum Gasteiger partial charge on any atom is 0.228 e. The van der Waals surface area contributed by atoms with Crippen molar-refractivity contribution in [3.8, 4) is 11.5 Å². The molecule has 0 saturated carbocycles. The molecule has 0 spiro atoms. The summed E-state index contributed by atoms with van der Waals surface area (Å²) >= 11 is 3.12. The molecule has 0 radical (unpaired) electrons. The van der Waals surface area contributed by atoms with E-state index in [0.717, 1.165) is 16.7 Å². The summed E-state index contributed by atoms with van der Waals surface area (Å²) in [6, 6.07) is 19.6. The number of hydrogen-bond donors (Lipinski definition) is 1. The number of aromatic nitrogens is 1. The first kappa shape index (κ1) is 17.4. The molecule has 27 heavy (non-hydrogen) atoms. The third-order valence-corrected chi connectivity index (χ3v) is 4.70. The summed E-state index contributed by atoms with van der Waals surface area (Å²) in [5.74, 6) is -0.189. The minimum atomic E-state index is -0.418. The van der Waals surface area contributed by atoms with E-state index in [4.69, 9.17) is 4.42 Å². The van der Waals surface area contributed by atoms with Crippen LogP contribution < -0.4 is 5.32 Å². The smallest absolute Gasteiger partial charge is 0.228 e. The summed E-state index contributed by atoms with van der Waals surface area (Å²) in [6.07, 6.45) is -0.0435. The Labute approximate surface area is 163 Å². The molecule has 0 aliphatic carbocycles. The molecule has 1 aromatic heterocycles. The number of fused-ring (bicyclic) bond motifs is 1. The molecule has 1 amide bonds. The number of nitrogens with zero attached hydrogens (tertiary/aromatic N) is 1. The van der Waals surface area contributed by atoms with Crippen LogP contribution in [-0.4, -0.2) is 10.9 Å². The van der Waals surface area contributed by atoms with Crippen molar-refractivity contribution in [3.63, 3.8) is 0 Å². The van der Waals surface area contributed by atoms with Gasteiger partial charge in [0.1, 0.15) is 11.3 Å². The lowest BCUT2D eigenvalue weighted by Gasteiger charge is -2.07. The first-order valence-corrected chi connectivity index (χ1v) is 9.08. The normalized spacial score (nSPS) is 10.9. The molecule has 1 N–H and O–H groups in total. The lowest BCUT2D eigenvalue weighted by Crippen LogP contribution is -2.15. The lowest BCUT2D eigenvalue weighted by molar-refractivity contribution is -0.115. The zero-order chi connectivity index (χ0) is 18.8. The van der Waals surface area contributed by atoms with Crippen molar-refractivity contribution in [2.45, 2.75) is 6.42 Å². The summed E-state index contributed by atoms with van der Waals surface area (Å²) in [5.41, 5.74) is 3.28. The van der Waals surface area contributed by atoms with Crippen LogP contribution in [0.3, 0.4) is 0 Å². The van der Waals surface area contributed by atoms with Crippen molar-refractivity contribution < 1.29 is 13.6 Å². The number of benzene rings is 3. The number of nitrogens with one attached hydrogen (secondary N) is 1. The summed E-state index contributed by atoms with van der Waals surface area (Å²) < 4.78 is 20.1. The topological polar surface area (TPSA) is 55.1 Å². The number of hydrogen-bond acceptors (Lipinski definition) is 3. The highest BCUT2D eigenvalue weighted by Gasteiger charge is 2.12. The van der Waals surface area contributed by atoms with Gasteiger partial charge in [0.15, 0.2) is 5.58 Å². The summed E-state index contributed by atoms with van der Waals surface area (Å²) in [5, 5.41) is 2.77. The molecule has 0 saturated heterocycles. The van der Waals surface area contributed by atoms with Crippen molar-refractivity contribution in [3.05, 3.63) is 82.6 Å². The monoisotopic (exact) mass is 424 g/mol. The molecule has 4 rings (SSSR count). The average molecular weight is 425 g/mol. The Morgan fingerprint density at radius 1 is 1.04 bits per heavy atom. The van der Waals surface area contributed by atoms with E-state index in [9.17, 15) is 9.18 Å². The second kappa shape index (κ2) is 7.32. The van der Waals surface area contributed by atoms with E-state index in [2.05, 4.69) is 26.2 Å². The van der Waals surface area contributed by atoms with Crippen LogP contribution in [0, 0.1) is 5.82 Å². The van der Waals surface area contributed by atoms with Gasteiger partial charge in [0, 0.05) is 11.3 Å². The number of carbonyl (C=O) groups is 1. The van der Waals surface area contributed by atoms with Crippen LogP contribution in [0.5, 0.6) is 0 Å². The van der Waals surface area contributed by atoms with Crippen molar-refractivity contribution >= 4 is 38.6 Å². The number of anilines is 1. The van der Waals surface area contributed by atoms with E-state index in [1.165, 1.54) is 0 Å². The van der Waals surface area contributed by atoms with Gasteiger partial charge in [-0.3, -0.25) is 4.79 Å². The quantitative estimate of drug-likeness (QED) is 0.465. The number of halogens is 2. The first-order chi connectivity index (χ1) is 13.1. The molecule has 0 aliphatic rings. The van der Waals surface area contributed by atoms with E-state index in [1.807, 2.05) is 36.4 Å². The largest absolute Gasteiger partial charge is 0.436 e. The fourth-order valence-electron chi connectivity index (χ4n) is 2.75. The fraction of sp³-hybridized carbons (Fsp3) is 0.0476. The molecule has 4 aromatic rings. The van der Waals surface area contributed by atoms with Crippen molar-refractivity contribution in [2.75, 3.05) is 5.32 Å². The number of amides is 1. The van der Waals surface area contributed by atoms with Gasteiger partial charge in [0.2, 0.25) is 11.8 Å². The summed E-state index contributed by atoms with van der Waals surface area (Å²) in [7, 11) is 0. The molecule has 3 aromatic carbocycles. The minimum Gasteiger partial charge on any atom is -0.436 e. The van der Waals surface area contributed by atoms with Crippen LogP contribution in [0.25, 0.3) is 22.6 Å². The zero-order valence-corrected chi connectivity index (χ0v) is 15.7. The van der Waals surface area contributed by atoms with Gasteiger partial charge in [-0.1, -0.05) is 24.3 Å². The molecule has 0 unspecified atom stereocenters. The van der Waals surface area contributed by atoms with Crippen molar-refractivity contribution in [1.29, 1.82) is 0 Å². The predicted molar refractivity (Wildman–Crippen MR) is 106 cm³/mol. The van der Waals surface area contributed by atoms with Gasteiger partial charge >= 0.3 is 0 Å².